The molecule has 3 aromatic rings. The molecule has 9 heteroatoms. The number of carbonyl (C=O) groups is 1. The molecule has 1 amide bonds. The molecule has 198 valence electrons. The molecule has 1 aromatic carbocycles. The molecule has 8 nitrogen and oxygen atoms in total. The maximum Gasteiger partial charge on any atom is 0.268 e. The second-order valence-electron chi connectivity index (χ2n) is 9.97. The highest BCUT2D eigenvalue weighted by molar-refractivity contribution is 7.17. The van der Waals surface area contributed by atoms with Crippen molar-refractivity contribution in [2.45, 2.75) is 64.5 Å². The lowest BCUT2D eigenvalue weighted by Gasteiger charge is -2.40. The number of nitrogens with one attached hydrogen (secondary N) is 1. The number of rotatable bonds is 10. The number of ether oxygens (including phenoxy) is 1. The maximum atomic E-state index is 13.0. The lowest BCUT2D eigenvalue weighted by Crippen LogP contribution is -2.50. The van der Waals surface area contributed by atoms with E-state index in [1.165, 1.54) is 32.1 Å². The van der Waals surface area contributed by atoms with Crippen LogP contribution in [0.15, 0.2) is 42.6 Å². The van der Waals surface area contributed by atoms with E-state index in [1.807, 2.05) is 47.2 Å². The predicted molar refractivity (Wildman–Crippen MR) is 148 cm³/mol. The predicted octanol–water partition coefficient (Wildman–Crippen LogP) is 4.89. The monoisotopic (exact) mass is 522 g/mol. The number of benzene rings is 1. The van der Waals surface area contributed by atoms with Gasteiger partial charge < -0.3 is 15.0 Å². The molecule has 1 saturated carbocycles. The van der Waals surface area contributed by atoms with Gasteiger partial charge in [-0.15, -0.1) is 10.2 Å². The summed E-state index contributed by atoms with van der Waals surface area (Å²) in [5, 5.41) is 13.6. The first-order valence-electron chi connectivity index (χ1n) is 13.7. The van der Waals surface area contributed by atoms with Gasteiger partial charge in [-0.1, -0.05) is 56.1 Å². The molecule has 0 atom stereocenters. The van der Waals surface area contributed by atoms with Crippen LogP contribution in [0.5, 0.6) is 5.75 Å². The summed E-state index contributed by atoms with van der Waals surface area (Å²) in [7, 11) is 0. The number of hydrogen-bond acceptors (Lipinski definition) is 7. The van der Waals surface area contributed by atoms with Crippen LogP contribution >= 0.6 is 11.3 Å². The van der Waals surface area contributed by atoms with Gasteiger partial charge in [0, 0.05) is 45.0 Å². The van der Waals surface area contributed by atoms with Gasteiger partial charge in [0.15, 0.2) is 0 Å². The first-order valence-corrected chi connectivity index (χ1v) is 14.5. The second kappa shape index (κ2) is 12.6. The molecule has 37 heavy (non-hydrogen) atoms. The van der Waals surface area contributed by atoms with E-state index < -0.39 is 0 Å². The van der Waals surface area contributed by atoms with Crippen molar-refractivity contribution in [2.24, 2.45) is 0 Å². The number of piperazine rings is 1. The molecule has 1 aliphatic carbocycles. The Kier molecular flexibility index (Phi) is 8.73. The lowest BCUT2D eigenvalue weighted by molar-refractivity contribution is 0.0944. The Hall–Kier alpha value is -2.91. The topological polar surface area (TPSA) is 75.5 Å². The number of unbranched alkanes of at least 4 members (excludes halogenated alkanes) is 1. The smallest absolute Gasteiger partial charge is 0.268 e. The van der Waals surface area contributed by atoms with E-state index in [9.17, 15) is 4.79 Å². The van der Waals surface area contributed by atoms with E-state index in [-0.39, 0.29) is 5.91 Å². The number of amides is 1. The Bertz CT molecular complexity index is 1130. The van der Waals surface area contributed by atoms with E-state index in [0.717, 1.165) is 68.1 Å². The minimum absolute atomic E-state index is 0.133. The third kappa shape index (κ3) is 6.51. The first kappa shape index (κ1) is 25.7. The zero-order chi connectivity index (χ0) is 25.5. The summed E-state index contributed by atoms with van der Waals surface area (Å²) in [4.78, 5) is 18.0. The minimum atomic E-state index is -0.133. The molecule has 2 aliphatic rings. The van der Waals surface area contributed by atoms with Gasteiger partial charge in [-0.2, -0.15) is 0 Å². The van der Waals surface area contributed by atoms with E-state index in [0.29, 0.717) is 17.4 Å². The van der Waals surface area contributed by atoms with Crippen LogP contribution in [0.3, 0.4) is 0 Å². The number of anilines is 1. The highest BCUT2D eigenvalue weighted by Gasteiger charge is 2.27. The molecule has 0 radical (unpaired) electrons. The summed E-state index contributed by atoms with van der Waals surface area (Å²) in [5.41, 5.74) is 1.59. The van der Waals surface area contributed by atoms with Crippen LogP contribution < -0.4 is 15.0 Å². The first-order chi connectivity index (χ1) is 18.2. The highest BCUT2D eigenvalue weighted by Crippen LogP contribution is 2.28. The van der Waals surface area contributed by atoms with E-state index in [4.69, 9.17) is 4.74 Å². The summed E-state index contributed by atoms with van der Waals surface area (Å²) in [6.45, 7) is 7.46. The van der Waals surface area contributed by atoms with Gasteiger partial charge in [0.05, 0.1) is 6.61 Å². The Morgan fingerprint density at radius 3 is 2.54 bits per heavy atom. The van der Waals surface area contributed by atoms with Crippen molar-refractivity contribution in [1.29, 1.82) is 0 Å². The zero-order valence-electron chi connectivity index (χ0n) is 21.8. The Balaban J connectivity index is 1.15. The van der Waals surface area contributed by atoms with Crippen LogP contribution in [-0.2, 0) is 6.54 Å². The van der Waals surface area contributed by atoms with Crippen molar-refractivity contribution < 1.29 is 9.53 Å². The van der Waals surface area contributed by atoms with Crippen LogP contribution in [0.4, 0.5) is 5.13 Å². The number of aromatic nitrogens is 3. The highest BCUT2D eigenvalue weighted by atomic mass is 32.1. The van der Waals surface area contributed by atoms with Gasteiger partial charge in [0.1, 0.15) is 11.4 Å². The molecular weight excluding hydrogens is 484 g/mol. The third-order valence-corrected chi connectivity index (χ3v) is 8.39. The Morgan fingerprint density at radius 2 is 1.78 bits per heavy atom. The van der Waals surface area contributed by atoms with E-state index in [2.05, 4.69) is 32.2 Å². The van der Waals surface area contributed by atoms with Crippen molar-refractivity contribution in [3.8, 4) is 10.9 Å². The molecule has 1 N–H and O–H groups in total. The molecule has 5 rings (SSSR count). The van der Waals surface area contributed by atoms with Crippen molar-refractivity contribution in [3.05, 3.63) is 53.9 Å². The van der Waals surface area contributed by atoms with Gasteiger partial charge in [-0.25, -0.2) is 0 Å². The molecule has 2 aromatic heterocycles. The average Bonchev–Trinajstić information content (AvgIpc) is 3.63. The summed E-state index contributed by atoms with van der Waals surface area (Å²) < 4.78 is 7.55. The van der Waals surface area contributed by atoms with Crippen LogP contribution in [0, 0.1) is 0 Å². The van der Waals surface area contributed by atoms with Crippen molar-refractivity contribution in [1.82, 2.24) is 25.0 Å². The molecule has 0 unspecified atom stereocenters. The molecule has 0 spiro atoms. The van der Waals surface area contributed by atoms with Crippen LogP contribution in [-0.4, -0.2) is 64.4 Å². The second-order valence-corrected chi connectivity index (χ2v) is 10.9. The minimum Gasteiger partial charge on any atom is -0.494 e. The molecule has 2 fully saturated rings. The average molecular weight is 523 g/mol. The quantitative estimate of drug-likeness (QED) is 0.382. The van der Waals surface area contributed by atoms with Crippen LogP contribution in [0.25, 0.3) is 5.13 Å². The summed E-state index contributed by atoms with van der Waals surface area (Å²) in [6.07, 6.45) is 10.9. The largest absolute Gasteiger partial charge is 0.494 e. The normalized spacial score (nSPS) is 17.2. The van der Waals surface area contributed by atoms with Gasteiger partial charge in [0.25, 0.3) is 5.91 Å². The number of nitrogens with zero attached hydrogens (tertiary/aromatic N) is 5. The molecule has 0 bridgehead atoms. The fraction of sp³-hybridized carbons (Fsp3) is 0.536. The Morgan fingerprint density at radius 1 is 1.03 bits per heavy atom. The third-order valence-electron chi connectivity index (χ3n) is 7.41. The SMILES string of the molecule is CCCCOc1ccc(CNC(=O)c2cccn2-c2nnc(N3CCN(C4CCCCC4)CC3)s2)cc1. The fourth-order valence-electron chi connectivity index (χ4n) is 5.20. The van der Waals surface area contributed by atoms with Gasteiger partial charge >= 0.3 is 0 Å². The fourth-order valence-corrected chi connectivity index (χ4v) is 6.10. The number of carbonyl (C=O) groups excluding carboxylic acids is 1. The van der Waals surface area contributed by atoms with Gasteiger partial charge in [-0.3, -0.25) is 14.3 Å². The molecule has 1 saturated heterocycles. The summed E-state index contributed by atoms with van der Waals surface area (Å²) in [6, 6.07) is 12.4. The van der Waals surface area contributed by atoms with Crippen molar-refractivity contribution in [3.63, 3.8) is 0 Å². The number of hydrogen-bond donors (Lipinski definition) is 1. The van der Waals surface area contributed by atoms with Crippen molar-refractivity contribution >= 4 is 22.4 Å². The standard InChI is InChI=1S/C28H38N6O2S/c1-2-3-20-36-24-13-11-22(12-14-24)21-29-26(35)25-10-7-15-34(25)28-31-30-27(37-28)33-18-16-32(17-19-33)23-8-5-4-6-9-23/h7,10-15,23H,2-6,8-9,16-21H2,1H3,(H,29,35). The zero-order valence-corrected chi connectivity index (χ0v) is 22.6. The molecule has 3 heterocycles. The lowest BCUT2D eigenvalue weighted by atomic mass is 9.94. The van der Waals surface area contributed by atoms with Crippen LogP contribution in [0.1, 0.15) is 67.9 Å². The van der Waals surface area contributed by atoms with Gasteiger partial charge in [0.2, 0.25) is 10.3 Å². The summed E-state index contributed by atoms with van der Waals surface area (Å²) in [5.74, 6) is 0.728. The van der Waals surface area contributed by atoms with Crippen LogP contribution in [0.2, 0.25) is 0 Å². The maximum absolute atomic E-state index is 13.0. The van der Waals surface area contributed by atoms with Crippen molar-refractivity contribution in [2.75, 3.05) is 37.7 Å². The van der Waals surface area contributed by atoms with Gasteiger partial charge in [-0.05, 0) is 49.1 Å². The molecule has 1 aliphatic heterocycles. The Labute approximate surface area is 223 Å². The molecular formula is C28H38N6O2S. The summed E-state index contributed by atoms with van der Waals surface area (Å²) >= 11 is 1.54. The van der Waals surface area contributed by atoms with E-state index >= 15 is 0 Å². The van der Waals surface area contributed by atoms with E-state index in [1.54, 1.807) is 11.3 Å².